The fourth-order valence-corrected chi connectivity index (χ4v) is 2.79. The summed E-state index contributed by atoms with van der Waals surface area (Å²) in [6.45, 7) is 0.625. The molecule has 0 saturated heterocycles. The van der Waals surface area contributed by atoms with Crippen LogP contribution in [0.1, 0.15) is 10.4 Å². The predicted molar refractivity (Wildman–Crippen MR) is 92.7 cm³/mol. The summed E-state index contributed by atoms with van der Waals surface area (Å²) in [5, 5.41) is 9.47. The van der Waals surface area contributed by atoms with E-state index in [9.17, 15) is 9.18 Å². The Balaban J connectivity index is 1.43. The van der Waals surface area contributed by atoms with Crippen molar-refractivity contribution >= 4 is 5.91 Å². The van der Waals surface area contributed by atoms with Gasteiger partial charge in [-0.1, -0.05) is 24.3 Å². The number of carbonyl (C=O) groups excluding carboxylic acids is 1. The summed E-state index contributed by atoms with van der Waals surface area (Å²) in [5.74, 6) is 0.649. The van der Waals surface area contributed by atoms with Crippen molar-refractivity contribution in [2.45, 2.75) is 6.10 Å². The van der Waals surface area contributed by atoms with E-state index in [2.05, 4.69) is 15.5 Å². The number of aromatic nitrogens is 2. The Bertz CT molecular complexity index is 941. The molecule has 0 aliphatic carbocycles. The first-order chi connectivity index (χ1) is 12.7. The van der Waals surface area contributed by atoms with Gasteiger partial charge in [0.2, 0.25) is 0 Å². The van der Waals surface area contributed by atoms with Crippen molar-refractivity contribution in [3.63, 3.8) is 0 Å². The molecule has 1 unspecified atom stereocenters. The first kappa shape index (κ1) is 16.1. The third-order valence-electron chi connectivity index (χ3n) is 4.06. The number of nitrogens with one attached hydrogen (secondary N) is 2. The molecular weight excluding hydrogens is 337 g/mol. The van der Waals surface area contributed by atoms with Gasteiger partial charge < -0.3 is 14.8 Å². The molecule has 1 aromatic heterocycles. The molecule has 7 heteroatoms. The molecule has 0 spiro atoms. The molecule has 4 rings (SSSR count). The molecule has 0 radical (unpaired) electrons. The molecule has 3 aromatic rings. The zero-order valence-corrected chi connectivity index (χ0v) is 13.7. The molecule has 0 fully saturated rings. The fourth-order valence-electron chi connectivity index (χ4n) is 2.79. The second-order valence-corrected chi connectivity index (χ2v) is 5.88. The van der Waals surface area contributed by atoms with E-state index in [-0.39, 0.29) is 24.4 Å². The summed E-state index contributed by atoms with van der Waals surface area (Å²) in [4.78, 5) is 12.5. The lowest BCUT2D eigenvalue weighted by molar-refractivity contribution is 0.0789. The third kappa shape index (κ3) is 3.23. The average Bonchev–Trinajstić information content (AvgIpc) is 3.16. The van der Waals surface area contributed by atoms with Gasteiger partial charge in [-0.05, 0) is 24.3 Å². The van der Waals surface area contributed by atoms with Crippen LogP contribution in [0, 0.1) is 5.82 Å². The molecule has 1 aliphatic heterocycles. The van der Waals surface area contributed by atoms with E-state index in [0.29, 0.717) is 34.9 Å². The van der Waals surface area contributed by atoms with Crippen LogP contribution in [0.4, 0.5) is 4.39 Å². The van der Waals surface area contributed by atoms with Crippen molar-refractivity contribution in [3.8, 4) is 22.8 Å². The van der Waals surface area contributed by atoms with Gasteiger partial charge in [-0.25, -0.2) is 4.39 Å². The average molecular weight is 353 g/mol. The monoisotopic (exact) mass is 353 g/mol. The number of H-pyrrole nitrogens is 1. The normalized spacial score (nSPS) is 15.5. The minimum atomic E-state index is -0.380. The Morgan fingerprint density at radius 1 is 1.23 bits per heavy atom. The predicted octanol–water partition coefficient (Wildman–Crippen LogP) is 2.79. The number of hydrogen-bond donors (Lipinski definition) is 2. The van der Waals surface area contributed by atoms with Crippen molar-refractivity contribution < 1.29 is 18.7 Å². The number of amides is 1. The maximum absolute atomic E-state index is 13.4. The van der Waals surface area contributed by atoms with Crippen molar-refractivity contribution in [2.75, 3.05) is 13.2 Å². The number of hydrogen-bond acceptors (Lipinski definition) is 4. The van der Waals surface area contributed by atoms with Crippen molar-refractivity contribution in [3.05, 3.63) is 66.1 Å². The quantitative estimate of drug-likeness (QED) is 0.756. The van der Waals surface area contributed by atoms with Gasteiger partial charge in [-0.2, -0.15) is 5.10 Å². The molecule has 0 bridgehead atoms. The Morgan fingerprint density at radius 2 is 2.08 bits per heavy atom. The lowest BCUT2D eigenvalue weighted by Crippen LogP contribution is -2.40. The molecule has 1 amide bonds. The number of para-hydroxylation sites is 2. The first-order valence-corrected chi connectivity index (χ1v) is 8.16. The van der Waals surface area contributed by atoms with Crippen LogP contribution in [0.25, 0.3) is 11.3 Å². The Kier molecular flexibility index (Phi) is 4.27. The highest BCUT2D eigenvalue weighted by Gasteiger charge is 2.22. The first-order valence-electron chi connectivity index (χ1n) is 8.16. The van der Waals surface area contributed by atoms with Crippen LogP contribution in [-0.4, -0.2) is 35.4 Å². The second-order valence-electron chi connectivity index (χ2n) is 5.88. The third-order valence-corrected chi connectivity index (χ3v) is 4.06. The Hall–Kier alpha value is -3.35. The van der Waals surface area contributed by atoms with Gasteiger partial charge in [0.05, 0.1) is 24.0 Å². The van der Waals surface area contributed by atoms with Gasteiger partial charge in [-0.3, -0.25) is 9.89 Å². The maximum Gasteiger partial charge on any atom is 0.255 e. The van der Waals surface area contributed by atoms with Crippen LogP contribution in [0.15, 0.2) is 54.7 Å². The standard InChI is InChI=1S/C19H16FN3O3/c20-13-5-3-4-12(8-13)18-15(10-22-23-18)19(24)21-9-14-11-25-16-6-1-2-7-17(16)26-14/h1-8,10,14H,9,11H2,(H,21,24)(H,22,23). The Morgan fingerprint density at radius 3 is 2.92 bits per heavy atom. The van der Waals surface area contributed by atoms with E-state index in [1.807, 2.05) is 24.3 Å². The molecule has 1 atom stereocenters. The lowest BCUT2D eigenvalue weighted by Gasteiger charge is -2.26. The number of carbonyl (C=O) groups is 1. The molecular formula is C19H16FN3O3. The number of fused-ring (bicyclic) bond motifs is 1. The highest BCUT2D eigenvalue weighted by molar-refractivity contribution is 5.99. The van der Waals surface area contributed by atoms with Crippen molar-refractivity contribution in [2.24, 2.45) is 0 Å². The van der Waals surface area contributed by atoms with E-state index < -0.39 is 0 Å². The van der Waals surface area contributed by atoms with E-state index in [0.717, 1.165) is 0 Å². The maximum atomic E-state index is 13.4. The van der Waals surface area contributed by atoms with Crippen LogP contribution >= 0.6 is 0 Å². The Labute approximate surface area is 149 Å². The molecule has 1 aliphatic rings. The zero-order valence-electron chi connectivity index (χ0n) is 13.7. The fraction of sp³-hybridized carbons (Fsp3) is 0.158. The van der Waals surface area contributed by atoms with Crippen LogP contribution < -0.4 is 14.8 Å². The minimum Gasteiger partial charge on any atom is -0.486 e. The lowest BCUT2D eigenvalue weighted by atomic mass is 10.1. The van der Waals surface area contributed by atoms with Gasteiger partial charge in [0.25, 0.3) is 5.91 Å². The summed E-state index contributed by atoms with van der Waals surface area (Å²) in [7, 11) is 0. The number of benzene rings is 2. The van der Waals surface area contributed by atoms with Gasteiger partial charge in [0, 0.05) is 5.56 Å². The summed E-state index contributed by atoms with van der Waals surface area (Å²) in [5.41, 5.74) is 1.36. The summed E-state index contributed by atoms with van der Waals surface area (Å²) >= 11 is 0. The SMILES string of the molecule is O=C(NCC1COc2ccccc2O1)c1cn[nH]c1-c1cccc(F)c1. The highest BCUT2D eigenvalue weighted by atomic mass is 19.1. The van der Waals surface area contributed by atoms with Crippen LogP contribution in [0.3, 0.4) is 0 Å². The molecule has 26 heavy (non-hydrogen) atoms. The molecule has 2 heterocycles. The smallest absolute Gasteiger partial charge is 0.255 e. The van der Waals surface area contributed by atoms with E-state index >= 15 is 0 Å². The van der Waals surface area contributed by atoms with E-state index in [4.69, 9.17) is 9.47 Å². The number of nitrogens with zero attached hydrogens (tertiary/aromatic N) is 1. The summed E-state index contributed by atoms with van der Waals surface area (Å²) in [6.07, 6.45) is 1.13. The van der Waals surface area contributed by atoms with Crippen LogP contribution in [0.2, 0.25) is 0 Å². The van der Waals surface area contributed by atoms with Gasteiger partial charge in [0.15, 0.2) is 11.5 Å². The highest BCUT2D eigenvalue weighted by Crippen LogP contribution is 2.30. The molecule has 0 saturated carbocycles. The van der Waals surface area contributed by atoms with Gasteiger partial charge >= 0.3 is 0 Å². The molecule has 6 nitrogen and oxygen atoms in total. The largest absolute Gasteiger partial charge is 0.486 e. The zero-order chi connectivity index (χ0) is 17.9. The molecule has 2 aromatic carbocycles. The number of rotatable bonds is 4. The van der Waals surface area contributed by atoms with E-state index in [1.54, 1.807) is 12.1 Å². The minimum absolute atomic E-state index is 0.279. The van der Waals surface area contributed by atoms with Gasteiger partial charge in [0.1, 0.15) is 18.5 Å². The number of ether oxygens (including phenoxy) is 2. The van der Waals surface area contributed by atoms with Crippen molar-refractivity contribution in [1.29, 1.82) is 0 Å². The van der Waals surface area contributed by atoms with E-state index in [1.165, 1.54) is 18.3 Å². The number of aromatic amines is 1. The molecule has 2 N–H and O–H groups in total. The van der Waals surface area contributed by atoms with Gasteiger partial charge in [-0.15, -0.1) is 0 Å². The second kappa shape index (κ2) is 6.87. The van der Waals surface area contributed by atoms with Crippen molar-refractivity contribution in [1.82, 2.24) is 15.5 Å². The topological polar surface area (TPSA) is 76.2 Å². The van der Waals surface area contributed by atoms with Crippen LogP contribution in [0.5, 0.6) is 11.5 Å². The number of halogens is 1. The summed E-state index contributed by atoms with van der Waals surface area (Å²) < 4.78 is 24.9. The van der Waals surface area contributed by atoms with Crippen LogP contribution in [-0.2, 0) is 0 Å². The molecule has 132 valence electrons. The summed E-state index contributed by atoms with van der Waals surface area (Å²) in [6, 6.07) is 13.4.